The number of nitrogens with zero attached hydrogens (tertiary/aromatic N) is 4. The van der Waals surface area contributed by atoms with Crippen molar-refractivity contribution in [2.45, 2.75) is 102 Å². The number of amides is 1. The molecular weight excluding hydrogens is 696 g/mol. The standard InChI is InChI=1S/C42H46Cl2FN5O2/c1-22-7-3-4-8-26(22)21-52-28-17-34(49(20-28)42(51)24-12-13-24)35-18-30-23(2)48-39-31(41(30)50(35)40-27-16-33(40)47-19-27)15-25(9-6-14-46)36(38(39)45)29-10-5-11-32(43)37(29)44/h5,10-11,15,18,22,24,26-28,33-34,40,47H,3-4,6-9,12-13,16-17,19-21H2,1-2H3/t22-,26+,27-,28+,33-,34-,40+/m1/s1. The fourth-order valence-corrected chi connectivity index (χ4v) is 10.4. The molecule has 7 atom stereocenters. The minimum Gasteiger partial charge on any atom is -0.376 e. The first-order valence-corrected chi connectivity index (χ1v) is 20.1. The number of halogens is 3. The summed E-state index contributed by atoms with van der Waals surface area (Å²) in [5.74, 6) is 1.56. The predicted octanol–water partition coefficient (Wildman–Crippen LogP) is 9.49. The van der Waals surface area contributed by atoms with Crippen molar-refractivity contribution >= 4 is 50.9 Å². The molecule has 272 valence electrons. The highest BCUT2D eigenvalue weighted by Gasteiger charge is 2.51. The number of hydrogen-bond acceptors (Lipinski definition) is 5. The van der Waals surface area contributed by atoms with Crippen LogP contribution in [0.5, 0.6) is 0 Å². The molecule has 2 aromatic carbocycles. The van der Waals surface area contributed by atoms with Crippen LogP contribution in [-0.4, -0.2) is 52.2 Å². The first kappa shape index (κ1) is 34.5. The predicted molar refractivity (Wildman–Crippen MR) is 203 cm³/mol. The smallest absolute Gasteiger partial charge is 0.226 e. The van der Waals surface area contributed by atoms with Crippen molar-refractivity contribution in [3.63, 3.8) is 0 Å². The lowest BCUT2D eigenvalue weighted by molar-refractivity contribution is -0.134. The van der Waals surface area contributed by atoms with Crippen LogP contribution >= 0.6 is 23.2 Å². The molecule has 10 heteroatoms. The number of pyridine rings is 1. The van der Waals surface area contributed by atoms with E-state index in [1.165, 1.54) is 25.7 Å². The van der Waals surface area contributed by atoms with Crippen LogP contribution in [0, 0.1) is 47.7 Å². The second-order valence-electron chi connectivity index (χ2n) is 16.3. The zero-order chi connectivity index (χ0) is 35.8. The van der Waals surface area contributed by atoms with Crippen LogP contribution in [0.4, 0.5) is 4.39 Å². The van der Waals surface area contributed by atoms with E-state index in [-0.39, 0.29) is 47.0 Å². The third-order valence-electron chi connectivity index (χ3n) is 13.1. The van der Waals surface area contributed by atoms with Gasteiger partial charge in [0.2, 0.25) is 5.91 Å². The minimum atomic E-state index is -0.458. The molecule has 6 aliphatic rings. The monoisotopic (exact) mass is 741 g/mol. The summed E-state index contributed by atoms with van der Waals surface area (Å²) in [5, 5.41) is 15.7. The number of fused-ring (bicyclic) bond motifs is 4. The quantitative estimate of drug-likeness (QED) is 0.185. The van der Waals surface area contributed by atoms with E-state index in [0.29, 0.717) is 58.5 Å². The molecule has 0 radical (unpaired) electrons. The number of rotatable bonds is 9. The summed E-state index contributed by atoms with van der Waals surface area (Å²) in [7, 11) is 0. The number of nitriles is 1. The zero-order valence-corrected chi connectivity index (χ0v) is 31.4. The highest BCUT2D eigenvalue weighted by atomic mass is 35.5. The Kier molecular flexibility index (Phi) is 9.01. The molecule has 2 bridgehead atoms. The van der Waals surface area contributed by atoms with Crippen molar-refractivity contribution < 1.29 is 13.9 Å². The van der Waals surface area contributed by atoms with Gasteiger partial charge in [-0.3, -0.25) is 4.79 Å². The molecule has 1 amide bonds. The molecule has 4 aromatic rings. The summed E-state index contributed by atoms with van der Waals surface area (Å²) in [6, 6.07) is 12.1. The number of nitrogens with one attached hydrogen (secondary N) is 1. The Balaban J connectivity index is 1.21. The molecule has 10 rings (SSSR count). The van der Waals surface area contributed by atoms with Crippen LogP contribution in [0.15, 0.2) is 30.3 Å². The topological polar surface area (TPSA) is 83.2 Å². The van der Waals surface area contributed by atoms with Crippen LogP contribution in [0.2, 0.25) is 10.0 Å². The second kappa shape index (κ2) is 13.6. The molecule has 7 nitrogen and oxygen atoms in total. The summed E-state index contributed by atoms with van der Waals surface area (Å²) in [6.45, 7) is 6.61. The van der Waals surface area contributed by atoms with E-state index in [4.69, 9.17) is 32.9 Å². The fraction of sp³-hybridized carbons (Fsp3) is 0.548. The first-order valence-electron chi connectivity index (χ1n) is 19.4. The summed E-state index contributed by atoms with van der Waals surface area (Å²) >= 11 is 13.1. The number of carbonyl (C=O) groups is 1. The Morgan fingerprint density at radius 2 is 1.96 bits per heavy atom. The van der Waals surface area contributed by atoms with E-state index in [2.05, 4.69) is 33.8 Å². The van der Waals surface area contributed by atoms with Gasteiger partial charge in [0.05, 0.1) is 46.4 Å². The summed E-state index contributed by atoms with van der Waals surface area (Å²) in [5.41, 5.74) is 4.61. The van der Waals surface area contributed by atoms with Gasteiger partial charge in [-0.1, -0.05) is 61.5 Å². The van der Waals surface area contributed by atoms with Gasteiger partial charge in [0.1, 0.15) is 5.52 Å². The highest BCUT2D eigenvalue weighted by Crippen LogP contribution is 2.51. The number of carbonyl (C=O) groups excluding carboxylic acids is 1. The summed E-state index contributed by atoms with van der Waals surface area (Å²) < 4.78 is 26.4. The largest absolute Gasteiger partial charge is 0.376 e. The lowest BCUT2D eigenvalue weighted by Gasteiger charge is -2.39. The molecule has 2 aromatic heterocycles. The van der Waals surface area contributed by atoms with E-state index in [9.17, 15) is 10.1 Å². The molecule has 3 saturated heterocycles. The highest BCUT2D eigenvalue weighted by molar-refractivity contribution is 6.43. The number of aromatic nitrogens is 2. The maximum atomic E-state index is 17.2. The minimum absolute atomic E-state index is 0.0273. The number of hydrogen-bond donors (Lipinski definition) is 1. The molecule has 3 saturated carbocycles. The molecular formula is C42H46Cl2FN5O2. The number of likely N-dealkylation sites (tertiary alicyclic amines) is 1. The summed E-state index contributed by atoms with van der Waals surface area (Å²) in [6.07, 6.45) is 9.34. The Bertz CT molecular complexity index is 2110. The van der Waals surface area contributed by atoms with Gasteiger partial charge in [0, 0.05) is 71.2 Å². The van der Waals surface area contributed by atoms with Gasteiger partial charge in [0.25, 0.3) is 0 Å². The van der Waals surface area contributed by atoms with Crippen LogP contribution in [0.3, 0.4) is 0 Å². The van der Waals surface area contributed by atoms with Gasteiger partial charge in [-0.25, -0.2) is 9.37 Å². The maximum absolute atomic E-state index is 17.2. The average molecular weight is 743 g/mol. The molecule has 1 N–H and O–H groups in total. The lowest BCUT2D eigenvalue weighted by atomic mass is 9.79. The lowest BCUT2D eigenvalue weighted by Crippen LogP contribution is -2.41. The third-order valence-corrected chi connectivity index (χ3v) is 13.9. The van der Waals surface area contributed by atoms with Crippen molar-refractivity contribution in [3.8, 4) is 17.2 Å². The van der Waals surface area contributed by atoms with E-state index in [0.717, 1.165) is 66.5 Å². The van der Waals surface area contributed by atoms with Crippen LogP contribution in [0.1, 0.15) is 93.7 Å². The molecule has 3 aliphatic carbocycles. The molecule has 52 heavy (non-hydrogen) atoms. The van der Waals surface area contributed by atoms with E-state index >= 15 is 4.39 Å². The third kappa shape index (κ3) is 5.73. The van der Waals surface area contributed by atoms with Crippen LogP contribution in [-0.2, 0) is 16.0 Å². The van der Waals surface area contributed by atoms with Gasteiger partial charge in [-0.15, -0.1) is 0 Å². The van der Waals surface area contributed by atoms with Crippen LogP contribution in [0.25, 0.3) is 32.9 Å². The van der Waals surface area contributed by atoms with Crippen molar-refractivity contribution in [2.24, 2.45) is 23.7 Å². The van der Waals surface area contributed by atoms with E-state index in [1.54, 1.807) is 18.2 Å². The van der Waals surface area contributed by atoms with Crippen molar-refractivity contribution in [1.82, 2.24) is 19.8 Å². The van der Waals surface area contributed by atoms with Gasteiger partial charge in [-0.05, 0) is 80.5 Å². The molecule has 0 unspecified atom stereocenters. The van der Waals surface area contributed by atoms with Crippen molar-refractivity contribution in [3.05, 3.63) is 63.1 Å². The second-order valence-corrected chi connectivity index (χ2v) is 17.1. The van der Waals surface area contributed by atoms with Crippen LogP contribution < -0.4 is 5.32 Å². The first-order chi connectivity index (χ1) is 25.2. The Morgan fingerprint density at radius 1 is 1.13 bits per heavy atom. The van der Waals surface area contributed by atoms with Crippen molar-refractivity contribution in [1.29, 1.82) is 5.26 Å². The Hall–Kier alpha value is -3.22. The van der Waals surface area contributed by atoms with E-state index in [1.807, 2.05) is 13.0 Å². The fourth-order valence-electron chi connectivity index (χ4n) is 10.0. The number of ether oxygens (including phenoxy) is 1. The van der Waals surface area contributed by atoms with Gasteiger partial charge >= 0.3 is 0 Å². The molecule has 3 aliphatic heterocycles. The van der Waals surface area contributed by atoms with Gasteiger partial charge in [-0.2, -0.15) is 5.26 Å². The van der Waals surface area contributed by atoms with E-state index < -0.39 is 5.82 Å². The Labute approximate surface area is 314 Å². The maximum Gasteiger partial charge on any atom is 0.226 e. The van der Waals surface area contributed by atoms with Crippen molar-refractivity contribution in [2.75, 3.05) is 19.7 Å². The Morgan fingerprint density at radius 3 is 2.69 bits per heavy atom. The SMILES string of the molecule is Cc1nc2c(F)c(-c3cccc(Cl)c3Cl)c(CCC#N)cc2c2c1cc([C@H]1C[C@H](OC[C@@H]3CCCC[C@H]3C)CN1C(=O)C1CC1)n2[C@H]1[C@H]2CN[C@@H]1C2. The normalized spacial score (nSPS) is 28.5. The average Bonchev–Trinajstić information content (AvgIpc) is 3.43. The summed E-state index contributed by atoms with van der Waals surface area (Å²) in [4.78, 5) is 21.1. The number of benzene rings is 2. The van der Waals surface area contributed by atoms with Gasteiger partial charge in [0.15, 0.2) is 5.82 Å². The zero-order valence-electron chi connectivity index (χ0n) is 29.9. The molecule has 5 heterocycles. The number of aryl methyl sites for hydroxylation is 2. The molecule has 6 fully saturated rings. The van der Waals surface area contributed by atoms with Gasteiger partial charge < -0.3 is 19.5 Å². The molecule has 0 spiro atoms.